The van der Waals surface area contributed by atoms with Gasteiger partial charge in [0.2, 0.25) is 0 Å². The lowest BCUT2D eigenvalue weighted by Gasteiger charge is -2.33. The van der Waals surface area contributed by atoms with Crippen LogP contribution in [0, 0.1) is 0 Å². The van der Waals surface area contributed by atoms with E-state index in [1.165, 1.54) is 42.7 Å². The topological polar surface area (TPSA) is 405 Å². The summed E-state index contributed by atoms with van der Waals surface area (Å²) < 4.78 is 33.7. The summed E-state index contributed by atoms with van der Waals surface area (Å²) >= 11 is 0. The van der Waals surface area contributed by atoms with E-state index in [9.17, 15) is 28.8 Å². The van der Waals surface area contributed by atoms with E-state index >= 15 is 0 Å². The highest BCUT2D eigenvalue weighted by Gasteiger charge is 2.48. The second-order valence-corrected chi connectivity index (χ2v) is 36.1. The van der Waals surface area contributed by atoms with Crippen molar-refractivity contribution in [3.05, 3.63) is 353 Å². The highest BCUT2D eigenvalue weighted by atomic mass is 16.5. The number of hydrogen-bond acceptors (Lipinski definition) is 24. The second kappa shape index (κ2) is 35.7. The number of methoxy groups -OCH3 is 6. The van der Waals surface area contributed by atoms with Gasteiger partial charge < -0.3 is 58.3 Å². The van der Waals surface area contributed by atoms with Crippen molar-refractivity contribution in [1.82, 2.24) is 69.8 Å². The van der Waals surface area contributed by atoms with Crippen LogP contribution in [-0.2, 0) is 62.9 Å². The number of aryl methyl sites for hydroxylation is 2. The molecule has 0 saturated heterocycles. The molecule has 0 aliphatic carbocycles. The van der Waals surface area contributed by atoms with Crippen LogP contribution in [0.2, 0.25) is 0 Å². The number of rotatable bonds is 12. The van der Waals surface area contributed by atoms with Crippen molar-refractivity contribution in [1.29, 1.82) is 0 Å². The smallest absolute Gasteiger partial charge is 0.338 e. The molecular weight excluding hydrogens is 1810 g/mol. The quantitative estimate of drug-likeness (QED) is 0.0489. The van der Waals surface area contributed by atoms with Crippen LogP contribution >= 0.6 is 0 Å². The Balaban J connectivity index is 0.822. The second-order valence-electron chi connectivity index (χ2n) is 36.1. The molecule has 0 fully saturated rings. The number of aromatic amines is 6. The Morgan fingerprint density at radius 1 is 0.250 bits per heavy atom. The summed E-state index contributed by atoms with van der Waals surface area (Å²) in [4.78, 5) is 177. The van der Waals surface area contributed by atoms with Crippen molar-refractivity contribution in [2.45, 2.75) is 102 Å². The van der Waals surface area contributed by atoms with Gasteiger partial charge in [0.1, 0.15) is 0 Å². The molecule has 30 nitrogen and oxygen atoms in total. The Hall–Kier alpha value is -18.0. The van der Waals surface area contributed by atoms with Gasteiger partial charge in [-0.2, -0.15) is 0 Å². The van der Waals surface area contributed by atoms with Crippen molar-refractivity contribution >= 4 is 129 Å². The first kappa shape index (κ1) is 91.1. The van der Waals surface area contributed by atoms with Gasteiger partial charge in [-0.1, -0.05) is 41.5 Å². The van der Waals surface area contributed by atoms with Crippen molar-refractivity contribution in [3.63, 3.8) is 0 Å². The summed E-state index contributed by atoms with van der Waals surface area (Å²) in [6, 6.07) is 43.3. The van der Waals surface area contributed by atoms with Crippen LogP contribution in [0.1, 0.15) is 232 Å². The molecule has 0 radical (unpaired) electrons. The summed E-state index contributed by atoms with van der Waals surface area (Å²) in [7, 11) is 7.86. The zero-order chi connectivity index (χ0) is 99.5. The third kappa shape index (κ3) is 15.0. The predicted octanol–water partition coefficient (Wildman–Crippen LogP) is 20.4. The fourth-order valence-corrected chi connectivity index (χ4v) is 21.4. The molecule has 0 aromatic carbocycles. The molecule has 42 bridgehead atoms. The number of carbonyl (C=O) groups excluding carboxylic acids is 6. The van der Waals surface area contributed by atoms with Gasteiger partial charge in [-0.05, 0) is 281 Å². The van der Waals surface area contributed by atoms with E-state index in [1.807, 2.05) is 212 Å². The summed E-state index contributed by atoms with van der Waals surface area (Å²) in [6.45, 7) is 12.2. The van der Waals surface area contributed by atoms with E-state index in [0.717, 1.165) is 11.1 Å². The SMILES string of the molecule is CCc1c2nc(c3c4ccc([nH]4)c(CC)c4nc(c(c5ccc1[nH]5)-c1cc(C(=O)OC)cc(n1)-c1cc(C(=O)OC)cc(n1)C1(CC)C5=NC(=Cc6ccc([nH]6)C(CC)(C6=NC(=Cc7ccc1[nH]7)C=C6)c1cc(C(=O)OC)cc(n1)-c1cc(C(=O)OC)cc(n1)C1(CC)C6=N/C(=C\c7ccc([nH]7)C(CC)(C7=NC(=Cc8ccc1[nH]8)C=C7)c1cc(C(=O)OC)cc(n1)-c1cc(C(=O)OC)cc-3n1)C=C6)C=C5)C=C4)C=C2. The summed E-state index contributed by atoms with van der Waals surface area (Å²) in [5.41, 5.74) is 15.5. The number of hydrogen-bond donors (Lipinski definition) is 6. The van der Waals surface area contributed by atoms with Gasteiger partial charge in [0.05, 0.1) is 245 Å². The molecule has 14 aliphatic heterocycles. The van der Waals surface area contributed by atoms with Gasteiger partial charge in [-0.3, -0.25) is 20.0 Å². The molecular formula is C114H94N18O12. The predicted molar refractivity (Wildman–Crippen MR) is 552 cm³/mol. The maximum atomic E-state index is 14.7. The number of aromatic nitrogens is 14. The minimum Gasteiger partial charge on any atom is -0.465 e. The molecule has 13 aromatic heterocycles. The molecule has 27 heterocycles. The Bertz CT molecular complexity index is 7990. The number of nitrogens with one attached hydrogen (secondary N) is 6. The summed E-state index contributed by atoms with van der Waals surface area (Å²) in [5.74, 6) is -4.09. The number of H-pyrrole nitrogens is 6. The fraction of sp³-hybridized carbons (Fsp3) is 0.193. The summed E-state index contributed by atoms with van der Waals surface area (Å²) in [6.07, 6.45) is 33.1. The highest BCUT2D eigenvalue weighted by Crippen LogP contribution is 2.49. The van der Waals surface area contributed by atoms with Gasteiger partial charge in [-0.15, -0.1) is 0 Å². The number of nitrogens with zero attached hydrogens (tertiary/aromatic N) is 12. The van der Waals surface area contributed by atoms with Crippen molar-refractivity contribution < 1.29 is 57.2 Å². The van der Waals surface area contributed by atoms with Gasteiger partial charge in [0.15, 0.2) is 0 Å². The highest BCUT2D eigenvalue weighted by molar-refractivity contribution is 6.14. The van der Waals surface area contributed by atoms with Crippen LogP contribution in [0.3, 0.4) is 0 Å². The molecule has 144 heavy (non-hydrogen) atoms. The molecule has 712 valence electrons. The molecule has 4 atom stereocenters. The zero-order valence-electron chi connectivity index (χ0n) is 80.6. The molecule has 27 rings (SSSR count). The van der Waals surface area contributed by atoms with Crippen molar-refractivity contribution in [2.24, 2.45) is 20.0 Å². The lowest BCUT2D eigenvalue weighted by Crippen LogP contribution is -2.37. The first-order valence-electron chi connectivity index (χ1n) is 47.5. The van der Waals surface area contributed by atoms with Gasteiger partial charge in [0.25, 0.3) is 0 Å². The maximum absolute atomic E-state index is 14.7. The molecule has 6 N–H and O–H groups in total. The first-order chi connectivity index (χ1) is 70.0. The van der Waals surface area contributed by atoms with Crippen LogP contribution in [-0.4, -0.2) is 171 Å². The minimum absolute atomic E-state index is 0.103. The molecule has 13 aromatic rings. The van der Waals surface area contributed by atoms with E-state index in [-0.39, 0.29) is 78.9 Å². The Morgan fingerprint density at radius 3 is 0.736 bits per heavy atom. The Morgan fingerprint density at radius 2 is 0.486 bits per heavy atom. The third-order valence-electron chi connectivity index (χ3n) is 28.6. The zero-order valence-corrected chi connectivity index (χ0v) is 80.6. The molecule has 4 unspecified atom stereocenters. The van der Waals surface area contributed by atoms with Gasteiger partial charge in [0, 0.05) is 78.8 Å². The maximum Gasteiger partial charge on any atom is 0.338 e. The lowest BCUT2D eigenvalue weighted by atomic mass is 9.73. The largest absolute Gasteiger partial charge is 0.465 e. The normalized spacial score (nSPS) is 18.7. The number of allylic oxidation sites excluding steroid dienone is 8. The monoisotopic (exact) mass is 1910 g/mol. The molecule has 0 saturated carbocycles. The van der Waals surface area contributed by atoms with Crippen LogP contribution in [0.4, 0.5) is 0 Å². The van der Waals surface area contributed by atoms with Crippen molar-refractivity contribution in [2.75, 3.05) is 42.7 Å². The number of aliphatic imine (C=N–C) groups is 4. The van der Waals surface area contributed by atoms with Crippen molar-refractivity contribution in [3.8, 4) is 56.7 Å². The molecule has 0 spiro atoms. The number of carbonyl (C=O) groups is 6. The Kier molecular flexibility index (Phi) is 22.6. The van der Waals surface area contributed by atoms with Gasteiger partial charge >= 0.3 is 35.8 Å². The van der Waals surface area contributed by atoms with E-state index in [4.69, 9.17) is 88.3 Å². The fourth-order valence-electron chi connectivity index (χ4n) is 21.4. The van der Waals surface area contributed by atoms with Crippen LogP contribution in [0.25, 0.3) is 127 Å². The van der Waals surface area contributed by atoms with Crippen LogP contribution in [0.15, 0.2) is 237 Å². The number of esters is 6. The molecule has 14 aliphatic rings. The average Bonchev–Trinajstić information content (AvgIpc) is 1.50. The number of pyridine rings is 6. The standard InChI is InChI=1S/C114H94N18O12/c1-13-73-75-27-31-79(123-75)103-81-33-29-77(125-81)74(14-2)78-30-34-82(126-78)104(80-32-28-76(73)124-80)90-50-60(106(134)140-8)44-84(128-90)86-46-62(108(136)142-10)52-100(130-86)112(16-4)93-37-21-67(117-93)57-71-25-41-97(121-71)114(18-6,98-42-26-72(122-98)58-68-22-38-94(112)118-68)102-54-64(110(138)144-12)48-88(132-102)87-47-63(109(137)143-11)53-101(131-87)113(17-5)95-39-23-69(119-95)55-65-19-35-91(115-65)111(15-3,92-36-20-66(116-92)56-70-24-40-96(113)120-70)99-51-61(107(135)141-9)45-85(129-99)83-43-59(105(133)139-7)49-89(103)127-83/h19-58,115,117,120,122-123,126H,13-18H2,1-12H3/b66-56?,68-58?,69-55-,71-57?,75-73?,76-73?,77-74?,78-74?,103-79?,103-81?,104-80?,104-82?. The van der Waals surface area contributed by atoms with E-state index in [2.05, 4.69) is 29.9 Å². The van der Waals surface area contributed by atoms with E-state index in [1.54, 1.807) is 72.8 Å². The van der Waals surface area contributed by atoms with E-state index < -0.39 is 57.5 Å². The number of ether oxygens (including phenoxy) is 6. The van der Waals surface area contributed by atoms with E-state index in [0.29, 0.717) is 208 Å². The lowest BCUT2D eigenvalue weighted by molar-refractivity contribution is 0.0591. The van der Waals surface area contributed by atoms with Crippen LogP contribution in [0.5, 0.6) is 0 Å². The van der Waals surface area contributed by atoms with Gasteiger partial charge in [-0.25, -0.2) is 68.6 Å². The third-order valence-corrected chi connectivity index (χ3v) is 28.6. The average molecular weight is 1910 g/mol. The molecule has 30 heteroatoms. The minimum atomic E-state index is -1.30. The first-order valence-corrected chi connectivity index (χ1v) is 47.5. The Labute approximate surface area is 825 Å². The van der Waals surface area contributed by atoms with Crippen LogP contribution < -0.4 is 0 Å². The summed E-state index contributed by atoms with van der Waals surface area (Å²) in [5, 5.41) is 0. The molecule has 0 amide bonds.